The maximum atomic E-state index is 6.05. The average molecular weight is 360 g/mol. The Morgan fingerprint density at radius 1 is 1.33 bits per heavy atom. The van der Waals surface area contributed by atoms with Crippen molar-refractivity contribution in [3.8, 4) is 5.75 Å². The summed E-state index contributed by atoms with van der Waals surface area (Å²) in [5.41, 5.74) is 1.06. The molecule has 0 radical (unpaired) electrons. The average Bonchev–Trinajstić information content (AvgIpc) is 2.38. The molecule has 0 aliphatic heterocycles. The zero-order chi connectivity index (χ0) is 13.4. The Labute approximate surface area is 124 Å². The molecule has 1 atom stereocenters. The van der Waals surface area contributed by atoms with E-state index in [2.05, 4.69) is 36.1 Å². The molecule has 0 unspecified atom stereocenters. The van der Waals surface area contributed by atoms with Gasteiger partial charge in [-0.05, 0) is 37.5 Å². The van der Waals surface area contributed by atoms with E-state index in [0.29, 0.717) is 6.61 Å². The van der Waals surface area contributed by atoms with Crippen LogP contribution in [0.4, 0.5) is 0 Å². The van der Waals surface area contributed by atoms with Gasteiger partial charge in [0.15, 0.2) is 0 Å². The molecule has 0 saturated carbocycles. The molecule has 0 bridgehead atoms. The van der Waals surface area contributed by atoms with Crippen LogP contribution in [0.5, 0.6) is 5.75 Å². The van der Waals surface area contributed by atoms with Crippen LogP contribution in [0, 0.1) is 0 Å². The lowest BCUT2D eigenvalue weighted by Gasteiger charge is -2.28. The van der Waals surface area contributed by atoms with Crippen molar-refractivity contribution in [3.63, 3.8) is 0 Å². The quantitative estimate of drug-likeness (QED) is 0.389. The van der Waals surface area contributed by atoms with Crippen molar-refractivity contribution in [2.24, 2.45) is 0 Å². The van der Waals surface area contributed by atoms with Crippen LogP contribution < -0.4 is 4.74 Å². The zero-order valence-corrected chi connectivity index (χ0v) is 13.3. The van der Waals surface area contributed by atoms with Crippen LogP contribution in [-0.4, -0.2) is 17.1 Å². The first kappa shape index (κ1) is 15.5. The molecule has 100 valence electrons. The van der Waals surface area contributed by atoms with Crippen molar-refractivity contribution in [2.75, 3.05) is 11.5 Å². The number of ether oxygens (including phenoxy) is 2. The van der Waals surface area contributed by atoms with Gasteiger partial charge >= 0.3 is 0 Å². The molecule has 0 aromatic heterocycles. The molecule has 0 aliphatic carbocycles. The van der Waals surface area contributed by atoms with Gasteiger partial charge < -0.3 is 9.47 Å². The van der Waals surface area contributed by atoms with E-state index >= 15 is 0 Å². The third kappa shape index (κ3) is 4.98. The van der Waals surface area contributed by atoms with Crippen molar-refractivity contribution in [2.45, 2.75) is 32.0 Å². The van der Waals surface area contributed by atoms with Crippen molar-refractivity contribution in [1.29, 1.82) is 0 Å². The third-order valence-corrected chi connectivity index (χ3v) is 3.49. The van der Waals surface area contributed by atoms with Crippen LogP contribution in [-0.2, 0) is 11.3 Å². The van der Waals surface area contributed by atoms with Gasteiger partial charge in [0.25, 0.3) is 0 Å². The topological polar surface area (TPSA) is 18.5 Å². The highest BCUT2D eigenvalue weighted by molar-refractivity contribution is 14.1. The van der Waals surface area contributed by atoms with E-state index in [9.17, 15) is 0 Å². The first-order chi connectivity index (χ1) is 8.63. The predicted molar refractivity (Wildman–Crippen MR) is 84.5 cm³/mol. The largest absolute Gasteiger partial charge is 0.497 e. The van der Waals surface area contributed by atoms with E-state index in [0.717, 1.165) is 23.0 Å². The number of halogens is 1. The third-order valence-electron chi connectivity index (χ3n) is 2.95. The van der Waals surface area contributed by atoms with Gasteiger partial charge in [-0.25, -0.2) is 0 Å². The van der Waals surface area contributed by atoms with Crippen LogP contribution in [0.15, 0.2) is 36.9 Å². The summed E-state index contributed by atoms with van der Waals surface area (Å²) in [7, 11) is 1.67. The second-order valence-corrected chi connectivity index (χ2v) is 5.60. The lowest BCUT2D eigenvalue weighted by Crippen LogP contribution is -2.28. The van der Waals surface area contributed by atoms with Gasteiger partial charge in [-0.3, -0.25) is 0 Å². The van der Waals surface area contributed by atoms with E-state index in [4.69, 9.17) is 9.47 Å². The Kier molecular flexibility index (Phi) is 6.71. The summed E-state index contributed by atoms with van der Waals surface area (Å²) >= 11 is 2.39. The van der Waals surface area contributed by atoms with Gasteiger partial charge in [0, 0.05) is 4.43 Å². The number of rotatable bonds is 8. The fourth-order valence-electron chi connectivity index (χ4n) is 1.72. The molecule has 0 fully saturated rings. The molecule has 0 saturated heterocycles. The van der Waals surface area contributed by atoms with E-state index < -0.39 is 0 Å². The molecular weight excluding hydrogens is 339 g/mol. The van der Waals surface area contributed by atoms with E-state index in [1.807, 2.05) is 30.3 Å². The molecule has 0 aliphatic rings. The number of alkyl halides is 1. The highest BCUT2D eigenvalue weighted by atomic mass is 127. The molecule has 1 rings (SSSR count). The first-order valence-electron chi connectivity index (χ1n) is 6.07. The maximum absolute atomic E-state index is 6.05. The molecule has 2 nitrogen and oxygen atoms in total. The SMILES string of the molecule is C=CC[C@@](C)(CCI)OCc1ccc(OC)cc1. The van der Waals surface area contributed by atoms with Crippen molar-refractivity contribution in [3.05, 3.63) is 42.5 Å². The minimum atomic E-state index is -0.108. The Morgan fingerprint density at radius 2 is 2.00 bits per heavy atom. The minimum Gasteiger partial charge on any atom is -0.497 e. The second-order valence-electron chi connectivity index (χ2n) is 4.52. The minimum absolute atomic E-state index is 0.108. The molecule has 1 aromatic carbocycles. The van der Waals surface area contributed by atoms with Gasteiger partial charge in [-0.15, -0.1) is 6.58 Å². The Hall–Kier alpha value is -0.550. The van der Waals surface area contributed by atoms with E-state index in [-0.39, 0.29) is 5.60 Å². The predicted octanol–water partition coefficient (Wildman–Crippen LogP) is 4.37. The summed E-state index contributed by atoms with van der Waals surface area (Å²) in [6.07, 6.45) is 3.85. The molecular formula is C15H21IO2. The smallest absolute Gasteiger partial charge is 0.118 e. The summed E-state index contributed by atoms with van der Waals surface area (Å²) in [4.78, 5) is 0. The summed E-state index contributed by atoms with van der Waals surface area (Å²) in [5, 5.41) is 0. The second kappa shape index (κ2) is 7.79. The number of methoxy groups -OCH3 is 1. The molecule has 0 heterocycles. The summed E-state index contributed by atoms with van der Waals surface area (Å²) < 4.78 is 12.3. The van der Waals surface area contributed by atoms with Crippen LogP contribution >= 0.6 is 22.6 Å². The van der Waals surface area contributed by atoms with Gasteiger partial charge in [0.1, 0.15) is 5.75 Å². The fourth-order valence-corrected chi connectivity index (χ4v) is 2.86. The highest BCUT2D eigenvalue weighted by Crippen LogP contribution is 2.24. The maximum Gasteiger partial charge on any atom is 0.118 e. The Morgan fingerprint density at radius 3 is 2.50 bits per heavy atom. The molecule has 1 aromatic rings. The van der Waals surface area contributed by atoms with Gasteiger partial charge in [0.05, 0.1) is 19.3 Å². The molecule has 0 spiro atoms. The van der Waals surface area contributed by atoms with Crippen molar-refractivity contribution < 1.29 is 9.47 Å². The zero-order valence-electron chi connectivity index (χ0n) is 11.1. The van der Waals surface area contributed by atoms with Crippen LogP contribution in [0.3, 0.4) is 0 Å². The number of hydrogen-bond acceptors (Lipinski definition) is 2. The fraction of sp³-hybridized carbons (Fsp3) is 0.467. The molecule has 18 heavy (non-hydrogen) atoms. The van der Waals surface area contributed by atoms with Crippen molar-refractivity contribution in [1.82, 2.24) is 0 Å². The van der Waals surface area contributed by atoms with Crippen LogP contribution in [0.25, 0.3) is 0 Å². The van der Waals surface area contributed by atoms with Crippen LogP contribution in [0.2, 0.25) is 0 Å². The first-order valence-corrected chi connectivity index (χ1v) is 7.60. The van der Waals surface area contributed by atoms with Gasteiger partial charge in [0.2, 0.25) is 0 Å². The van der Waals surface area contributed by atoms with Crippen LogP contribution in [0.1, 0.15) is 25.3 Å². The van der Waals surface area contributed by atoms with Gasteiger partial charge in [-0.2, -0.15) is 0 Å². The highest BCUT2D eigenvalue weighted by Gasteiger charge is 2.22. The van der Waals surface area contributed by atoms with E-state index in [1.54, 1.807) is 7.11 Å². The summed E-state index contributed by atoms with van der Waals surface area (Å²) in [6, 6.07) is 8.00. The molecule has 0 amide bonds. The molecule has 3 heteroatoms. The monoisotopic (exact) mass is 360 g/mol. The Bertz CT molecular complexity index is 361. The normalized spacial score (nSPS) is 13.9. The standard InChI is InChI=1S/C15H21IO2/c1-4-9-15(2,10-11-16)18-12-13-5-7-14(17-3)8-6-13/h4-8H,1,9-12H2,2-3H3/t15-/m0/s1. The summed E-state index contributed by atoms with van der Waals surface area (Å²) in [5.74, 6) is 0.875. The number of hydrogen-bond donors (Lipinski definition) is 0. The van der Waals surface area contributed by atoms with E-state index in [1.165, 1.54) is 5.56 Å². The van der Waals surface area contributed by atoms with Gasteiger partial charge in [-0.1, -0.05) is 40.8 Å². The summed E-state index contributed by atoms with van der Waals surface area (Å²) in [6.45, 7) is 6.59. The lowest BCUT2D eigenvalue weighted by molar-refractivity contribution is -0.0422. The Balaban J connectivity index is 2.57. The van der Waals surface area contributed by atoms with Crippen molar-refractivity contribution >= 4 is 22.6 Å². The molecule has 0 N–H and O–H groups in total. The number of benzene rings is 1. The lowest BCUT2D eigenvalue weighted by atomic mass is 9.99.